The van der Waals surface area contributed by atoms with Gasteiger partial charge in [-0.05, 0) is 31.6 Å². The van der Waals surface area contributed by atoms with Crippen molar-refractivity contribution in [3.8, 4) is 23.4 Å². The molecule has 0 bridgehead atoms. The zero-order valence-corrected chi connectivity index (χ0v) is 18.8. The number of terminal acetylenes is 1. The number of benzene rings is 1. The number of ether oxygens (including phenoxy) is 1. The number of hydrogen-bond acceptors (Lipinski definition) is 6. The third-order valence-electron chi connectivity index (χ3n) is 2.73. The molecule has 7 heteroatoms. The van der Waals surface area contributed by atoms with Crippen molar-refractivity contribution in [3.05, 3.63) is 55.1 Å². The van der Waals surface area contributed by atoms with Gasteiger partial charge in [-0.2, -0.15) is 5.06 Å². The average Bonchev–Trinajstić information content (AvgIpc) is 3.25. The summed E-state index contributed by atoms with van der Waals surface area (Å²) in [6, 6.07) is 6.32. The fourth-order valence-corrected chi connectivity index (χ4v) is 2.52. The predicted octanol–water partition coefficient (Wildman–Crippen LogP) is 6.12. The van der Waals surface area contributed by atoms with E-state index in [1.54, 1.807) is 36.7 Å². The Morgan fingerprint density at radius 1 is 1.28 bits per heavy atom. The van der Waals surface area contributed by atoms with E-state index in [1.165, 1.54) is 23.5 Å². The molecule has 0 fully saturated rings. The average molecular weight is 422 g/mol. The third-order valence-corrected chi connectivity index (χ3v) is 3.71. The smallest absolute Gasteiger partial charge is 0.241 e. The molecule has 0 N–H and O–H groups in total. The standard InChI is InChI=1S/C14H16FN3OS.C4H8O.C2H6.C2H2/c1-3-8-18(19-9-4-2)14-17-16-13(20-14)11-6-5-7-12(15)10-11;1-3-4-5-2;2*1-2/h4-7,9-10H,3,8H2,1-2H3;3H,1,4H2,2H3;1-2H3;1-2H/b9-4+;;;. The Morgan fingerprint density at radius 2 is 1.97 bits per heavy atom. The molecule has 5 nitrogen and oxygen atoms in total. The zero-order chi connectivity index (χ0) is 22.5. The molecule has 0 aliphatic rings. The molecule has 0 radical (unpaired) electrons. The first kappa shape index (κ1) is 28.5. The molecule has 29 heavy (non-hydrogen) atoms. The number of nitrogens with zero attached hydrogens (tertiary/aromatic N) is 3. The van der Waals surface area contributed by atoms with Gasteiger partial charge in [0, 0.05) is 12.7 Å². The van der Waals surface area contributed by atoms with Crippen LogP contribution in [0.3, 0.4) is 0 Å². The second-order valence-electron chi connectivity index (χ2n) is 4.82. The molecule has 0 spiro atoms. The maximum absolute atomic E-state index is 13.2. The van der Waals surface area contributed by atoms with Crippen LogP contribution in [-0.2, 0) is 9.57 Å². The molecule has 1 aromatic heterocycles. The first-order chi connectivity index (χ1) is 14.2. The monoisotopic (exact) mass is 421 g/mol. The largest absolute Gasteiger partial charge is 0.385 e. The summed E-state index contributed by atoms with van der Waals surface area (Å²) >= 11 is 1.37. The van der Waals surface area contributed by atoms with Crippen molar-refractivity contribution in [2.45, 2.75) is 34.1 Å². The highest BCUT2D eigenvalue weighted by Crippen LogP contribution is 2.29. The highest BCUT2D eigenvalue weighted by atomic mass is 32.1. The molecule has 0 saturated heterocycles. The molecule has 0 unspecified atom stereocenters. The van der Waals surface area contributed by atoms with E-state index in [2.05, 4.69) is 41.3 Å². The summed E-state index contributed by atoms with van der Waals surface area (Å²) in [5, 5.41) is 11.2. The lowest BCUT2D eigenvalue weighted by Gasteiger charge is -2.17. The second kappa shape index (κ2) is 20.1. The van der Waals surface area contributed by atoms with E-state index in [0.29, 0.717) is 23.3 Å². The lowest BCUT2D eigenvalue weighted by Crippen LogP contribution is -2.21. The van der Waals surface area contributed by atoms with Gasteiger partial charge in [0.25, 0.3) is 0 Å². The van der Waals surface area contributed by atoms with E-state index in [0.717, 1.165) is 12.0 Å². The fraction of sp³-hybridized carbons (Fsp3) is 0.364. The Bertz CT molecular complexity index is 702. The Balaban J connectivity index is 0. The van der Waals surface area contributed by atoms with Gasteiger partial charge < -0.3 is 9.57 Å². The van der Waals surface area contributed by atoms with Gasteiger partial charge in [-0.25, -0.2) is 4.39 Å². The van der Waals surface area contributed by atoms with Gasteiger partial charge in [-0.15, -0.1) is 29.6 Å². The minimum absolute atomic E-state index is 0.283. The van der Waals surface area contributed by atoms with Gasteiger partial charge in [-0.3, -0.25) is 0 Å². The maximum Gasteiger partial charge on any atom is 0.241 e. The Labute approximate surface area is 178 Å². The van der Waals surface area contributed by atoms with Crippen LogP contribution in [0.5, 0.6) is 0 Å². The Morgan fingerprint density at radius 3 is 2.45 bits per heavy atom. The van der Waals surface area contributed by atoms with E-state index >= 15 is 0 Å². The van der Waals surface area contributed by atoms with Crippen LogP contribution in [0.4, 0.5) is 9.52 Å². The summed E-state index contributed by atoms with van der Waals surface area (Å²) in [4.78, 5) is 5.48. The van der Waals surface area contributed by atoms with Crippen molar-refractivity contribution in [2.75, 3.05) is 25.3 Å². The van der Waals surface area contributed by atoms with Crippen LogP contribution in [-0.4, -0.2) is 30.5 Å². The summed E-state index contributed by atoms with van der Waals surface area (Å²) in [6.45, 7) is 12.7. The van der Waals surface area contributed by atoms with Crippen molar-refractivity contribution in [1.82, 2.24) is 10.2 Å². The summed E-state index contributed by atoms with van der Waals surface area (Å²) in [5.74, 6) is -0.283. The molecule has 0 aliphatic heterocycles. The van der Waals surface area contributed by atoms with E-state index in [1.807, 2.05) is 26.8 Å². The highest BCUT2D eigenvalue weighted by molar-refractivity contribution is 7.18. The van der Waals surface area contributed by atoms with E-state index < -0.39 is 0 Å². The summed E-state index contributed by atoms with van der Waals surface area (Å²) in [7, 11) is 1.64. The summed E-state index contributed by atoms with van der Waals surface area (Å²) in [6.07, 6.45) is 14.0. The molecule has 160 valence electrons. The number of hydroxylamine groups is 1. The molecule has 0 saturated carbocycles. The zero-order valence-electron chi connectivity index (χ0n) is 18.0. The first-order valence-corrected chi connectivity index (χ1v) is 10.1. The number of methoxy groups -OCH3 is 1. The molecule has 0 amide bonds. The number of anilines is 1. The van der Waals surface area contributed by atoms with Gasteiger partial charge in [0.1, 0.15) is 17.1 Å². The van der Waals surface area contributed by atoms with Gasteiger partial charge >= 0.3 is 0 Å². The Kier molecular flexibility index (Phi) is 19.7. The summed E-state index contributed by atoms with van der Waals surface area (Å²) < 4.78 is 17.8. The lowest BCUT2D eigenvalue weighted by molar-refractivity contribution is 0.213. The van der Waals surface area contributed by atoms with Crippen LogP contribution >= 0.6 is 11.3 Å². The van der Waals surface area contributed by atoms with Crippen molar-refractivity contribution < 1.29 is 14.0 Å². The fourth-order valence-electron chi connectivity index (χ4n) is 1.70. The van der Waals surface area contributed by atoms with E-state index in [4.69, 9.17) is 4.84 Å². The van der Waals surface area contributed by atoms with Crippen LogP contribution in [0.15, 0.2) is 49.3 Å². The number of aromatic nitrogens is 2. The van der Waals surface area contributed by atoms with E-state index in [9.17, 15) is 4.39 Å². The summed E-state index contributed by atoms with van der Waals surface area (Å²) in [5.41, 5.74) is 0.719. The van der Waals surface area contributed by atoms with Crippen molar-refractivity contribution >= 4 is 16.5 Å². The second-order valence-corrected chi connectivity index (χ2v) is 5.78. The maximum atomic E-state index is 13.2. The van der Waals surface area contributed by atoms with Crippen LogP contribution in [0.25, 0.3) is 10.6 Å². The van der Waals surface area contributed by atoms with Crippen molar-refractivity contribution in [2.24, 2.45) is 0 Å². The van der Waals surface area contributed by atoms with Gasteiger partial charge in [0.2, 0.25) is 5.13 Å². The molecule has 1 heterocycles. The third kappa shape index (κ3) is 12.4. The number of rotatable bonds is 8. The molecular weight excluding hydrogens is 389 g/mol. The van der Waals surface area contributed by atoms with Crippen molar-refractivity contribution in [3.63, 3.8) is 0 Å². The molecule has 2 aromatic rings. The Hall–Kier alpha value is -2.69. The lowest BCUT2D eigenvalue weighted by atomic mass is 10.2. The minimum atomic E-state index is -0.283. The van der Waals surface area contributed by atoms with Crippen LogP contribution in [0.2, 0.25) is 0 Å². The first-order valence-electron chi connectivity index (χ1n) is 9.24. The van der Waals surface area contributed by atoms with Crippen molar-refractivity contribution in [1.29, 1.82) is 0 Å². The van der Waals surface area contributed by atoms with E-state index in [-0.39, 0.29) is 5.82 Å². The molecule has 0 aliphatic carbocycles. The topological polar surface area (TPSA) is 47.5 Å². The molecule has 0 atom stereocenters. The van der Waals surface area contributed by atoms with Gasteiger partial charge in [-0.1, -0.05) is 50.3 Å². The number of halogens is 1. The predicted molar refractivity (Wildman–Crippen MR) is 122 cm³/mol. The quantitative estimate of drug-likeness (QED) is 0.222. The van der Waals surface area contributed by atoms with Crippen LogP contribution < -0.4 is 5.06 Å². The highest BCUT2D eigenvalue weighted by Gasteiger charge is 2.13. The number of hydrogen-bond donors (Lipinski definition) is 0. The van der Waals surface area contributed by atoms with Gasteiger partial charge in [0.15, 0.2) is 0 Å². The molecule has 2 rings (SSSR count). The van der Waals surface area contributed by atoms with Crippen LogP contribution in [0.1, 0.15) is 34.1 Å². The SMILES string of the molecule is C#C.C/C=C/ON(CCC)c1nnc(-c2cccc(F)c2)s1.C=CCOC.CC. The van der Waals surface area contributed by atoms with Gasteiger partial charge in [0.05, 0.1) is 13.2 Å². The molecular formula is C22H32FN3O2S. The minimum Gasteiger partial charge on any atom is -0.385 e. The van der Waals surface area contributed by atoms with Crippen LogP contribution in [0, 0.1) is 18.7 Å². The normalized spacial score (nSPS) is 9.10. The number of allylic oxidation sites excluding steroid dienone is 1. The molecule has 1 aromatic carbocycles.